The summed E-state index contributed by atoms with van der Waals surface area (Å²) in [5, 5.41) is 0. The van der Waals surface area contributed by atoms with Crippen LogP contribution < -0.4 is 0 Å². The summed E-state index contributed by atoms with van der Waals surface area (Å²) < 4.78 is 14.2. The number of ether oxygens (including phenoxy) is 2. The summed E-state index contributed by atoms with van der Waals surface area (Å²) in [6, 6.07) is 31.2. The molecule has 0 spiro atoms. The van der Waals surface area contributed by atoms with E-state index >= 15 is 0 Å². The van der Waals surface area contributed by atoms with Crippen LogP contribution in [-0.4, -0.2) is 22.8 Å². The van der Waals surface area contributed by atoms with Crippen LogP contribution in [0.15, 0.2) is 91.0 Å². The lowest BCUT2D eigenvalue weighted by Gasteiger charge is -2.24. The van der Waals surface area contributed by atoms with Crippen molar-refractivity contribution in [2.75, 3.05) is 13.2 Å². The van der Waals surface area contributed by atoms with Crippen LogP contribution >= 0.6 is 0 Å². The van der Waals surface area contributed by atoms with Crippen molar-refractivity contribution in [2.24, 2.45) is 0 Å². The fourth-order valence-electron chi connectivity index (χ4n) is 3.90. The second-order valence-electron chi connectivity index (χ2n) is 7.40. The molecule has 4 aromatic rings. The average Bonchev–Trinajstić information content (AvgIpc) is 3.20. The number of benzene rings is 3. The van der Waals surface area contributed by atoms with Gasteiger partial charge in [0.1, 0.15) is 0 Å². The molecule has 3 aromatic carbocycles. The smallest absolute Gasteiger partial charge is 0.217 e. The van der Waals surface area contributed by atoms with Gasteiger partial charge in [-0.1, -0.05) is 91.0 Å². The molecule has 1 saturated heterocycles. The van der Waals surface area contributed by atoms with Crippen molar-refractivity contribution in [3.8, 4) is 22.5 Å². The van der Waals surface area contributed by atoms with E-state index in [9.17, 15) is 0 Å². The molecule has 150 valence electrons. The average molecular weight is 396 g/mol. The molecule has 5 rings (SSSR count). The van der Waals surface area contributed by atoms with E-state index in [2.05, 4.69) is 65.2 Å². The lowest BCUT2D eigenvalue weighted by molar-refractivity contribution is -0.188. The first-order valence-electron chi connectivity index (χ1n) is 10.4. The van der Waals surface area contributed by atoms with Crippen LogP contribution in [0.25, 0.3) is 22.5 Å². The normalized spacial score (nSPS) is 14.7. The lowest BCUT2D eigenvalue weighted by atomic mass is 10.0. The number of hydrogen-bond acceptors (Lipinski definition) is 3. The fourth-order valence-corrected chi connectivity index (χ4v) is 3.90. The quantitative estimate of drug-likeness (QED) is 0.434. The van der Waals surface area contributed by atoms with Gasteiger partial charge in [-0.2, -0.15) is 0 Å². The third kappa shape index (κ3) is 3.80. The van der Waals surface area contributed by atoms with Crippen molar-refractivity contribution in [1.29, 1.82) is 0 Å². The highest BCUT2D eigenvalue weighted by Crippen LogP contribution is 2.36. The molecule has 1 aromatic heterocycles. The second kappa shape index (κ2) is 8.66. The molecule has 0 radical (unpaired) electrons. The molecule has 1 aliphatic rings. The highest BCUT2D eigenvalue weighted by Gasteiger charge is 2.28. The van der Waals surface area contributed by atoms with Crippen LogP contribution in [0.4, 0.5) is 0 Å². The van der Waals surface area contributed by atoms with Gasteiger partial charge in [0.05, 0.1) is 24.6 Å². The van der Waals surface area contributed by atoms with Gasteiger partial charge in [0.2, 0.25) is 6.29 Å². The summed E-state index contributed by atoms with van der Waals surface area (Å²) in [5.74, 6) is 0.816. The molecule has 0 amide bonds. The van der Waals surface area contributed by atoms with Crippen molar-refractivity contribution >= 4 is 0 Å². The fraction of sp³-hybridized carbons (Fsp3) is 0.192. The Morgan fingerprint density at radius 2 is 1.30 bits per heavy atom. The second-order valence-corrected chi connectivity index (χ2v) is 7.40. The van der Waals surface area contributed by atoms with Gasteiger partial charge in [0, 0.05) is 17.7 Å². The monoisotopic (exact) mass is 396 g/mol. The molecule has 1 fully saturated rings. The standard InChI is InChI=1S/C26H24N2O2/c1-4-11-20(12-5-1)19-28-24(22-15-8-3-9-16-22)23(21-13-6-2-7-14-21)27-25(28)26-29-17-10-18-30-26/h1-9,11-16,26H,10,17-19H2. The van der Waals surface area contributed by atoms with E-state index in [0.29, 0.717) is 19.8 Å². The van der Waals surface area contributed by atoms with Gasteiger partial charge in [-0.25, -0.2) is 4.98 Å². The predicted octanol–water partition coefficient (Wildman–Crippen LogP) is 5.70. The van der Waals surface area contributed by atoms with Gasteiger partial charge in [-0.15, -0.1) is 0 Å². The maximum absolute atomic E-state index is 5.98. The van der Waals surface area contributed by atoms with Crippen molar-refractivity contribution in [1.82, 2.24) is 9.55 Å². The summed E-state index contributed by atoms with van der Waals surface area (Å²) >= 11 is 0. The van der Waals surface area contributed by atoms with Gasteiger partial charge in [0.25, 0.3) is 0 Å². The molecule has 4 heteroatoms. The van der Waals surface area contributed by atoms with E-state index in [-0.39, 0.29) is 0 Å². The predicted molar refractivity (Wildman–Crippen MR) is 118 cm³/mol. The largest absolute Gasteiger partial charge is 0.346 e. The van der Waals surface area contributed by atoms with E-state index < -0.39 is 6.29 Å². The Labute approximate surface area is 176 Å². The Bertz CT molecular complexity index is 1090. The first-order valence-corrected chi connectivity index (χ1v) is 10.4. The molecule has 30 heavy (non-hydrogen) atoms. The summed E-state index contributed by atoms with van der Waals surface area (Å²) in [6.45, 7) is 2.07. The Kier molecular flexibility index (Phi) is 5.42. The van der Waals surface area contributed by atoms with E-state index in [1.165, 1.54) is 5.56 Å². The van der Waals surface area contributed by atoms with Crippen molar-refractivity contribution in [3.05, 3.63) is 102 Å². The van der Waals surface area contributed by atoms with Crippen molar-refractivity contribution < 1.29 is 9.47 Å². The zero-order valence-corrected chi connectivity index (χ0v) is 16.8. The minimum absolute atomic E-state index is 0.456. The van der Waals surface area contributed by atoms with Gasteiger partial charge >= 0.3 is 0 Å². The summed E-state index contributed by atoms with van der Waals surface area (Å²) in [6.07, 6.45) is 0.454. The number of hydrogen-bond donors (Lipinski definition) is 0. The van der Waals surface area contributed by atoms with Crippen LogP contribution in [0, 0.1) is 0 Å². The van der Waals surface area contributed by atoms with Gasteiger partial charge in [-0.05, 0) is 12.0 Å². The molecule has 0 atom stereocenters. The number of rotatable bonds is 5. The topological polar surface area (TPSA) is 36.3 Å². The summed E-state index contributed by atoms with van der Waals surface area (Å²) in [5.41, 5.74) is 5.45. The van der Waals surface area contributed by atoms with Crippen LogP contribution in [0.5, 0.6) is 0 Å². The van der Waals surface area contributed by atoms with E-state index in [0.717, 1.165) is 34.8 Å². The molecule has 0 bridgehead atoms. The minimum atomic E-state index is -0.456. The first kappa shape index (κ1) is 18.8. The lowest BCUT2D eigenvalue weighted by Crippen LogP contribution is -2.22. The Morgan fingerprint density at radius 3 is 1.93 bits per heavy atom. The van der Waals surface area contributed by atoms with Gasteiger partial charge in [-0.3, -0.25) is 0 Å². The highest BCUT2D eigenvalue weighted by atomic mass is 16.7. The molecule has 0 saturated carbocycles. The van der Waals surface area contributed by atoms with Crippen LogP contribution in [0.1, 0.15) is 24.1 Å². The molecule has 0 aliphatic carbocycles. The SMILES string of the molecule is c1ccc(Cn2c(C3OCCCO3)nc(-c3ccccc3)c2-c2ccccc2)cc1. The molecular formula is C26H24N2O2. The molecule has 0 N–H and O–H groups in total. The van der Waals surface area contributed by atoms with Crippen molar-refractivity contribution in [2.45, 2.75) is 19.3 Å². The maximum atomic E-state index is 5.98. The zero-order chi connectivity index (χ0) is 20.2. The van der Waals surface area contributed by atoms with E-state index in [4.69, 9.17) is 14.5 Å². The van der Waals surface area contributed by atoms with E-state index in [1.807, 2.05) is 30.3 Å². The van der Waals surface area contributed by atoms with Gasteiger partial charge < -0.3 is 14.0 Å². The summed E-state index contributed by atoms with van der Waals surface area (Å²) in [4.78, 5) is 5.09. The Morgan fingerprint density at radius 1 is 0.733 bits per heavy atom. The minimum Gasteiger partial charge on any atom is -0.346 e. The van der Waals surface area contributed by atoms with E-state index in [1.54, 1.807) is 0 Å². The van der Waals surface area contributed by atoms with Crippen LogP contribution in [0.2, 0.25) is 0 Å². The molecule has 1 aliphatic heterocycles. The number of aromatic nitrogens is 2. The number of imidazole rings is 1. The highest BCUT2D eigenvalue weighted by molar-refractivity contribution is 5.79. The zero-order valence-electron chi connectivity index (χ0n) is 16.8. The van der Waals surface area contributed by atoms with Gasteiger partial charge in [0.15, 0.2) is 5.82 Å². The number of nitrogens with zero attached hydrogens (tertiary/aromatic N) is 2. The third-order valence-corrected chi connectivity index (χ3v) is 5.31. The summed E-state index contributed by atoms with van der Waals surface area (Å²) in [7, 11) is 0. The van der Waals surface area contributed by atoms with Crippen LogP contribution in [0.3, 0.4) is 0 Å². The Hall–Kier alpha value is -3.21. The van der Waals surface area contributed by atoms with Crippen molar-refractivity contribution in [3.63, 3.8) is 0 Å². The molecule has 4 nitrogen and oxygen atoms in total. The molecular weight excluding hydrogens is 372 g/mol. The first-order chi connectivity index (χ1) is 14.9. The van der Waals surface area contributed by atoms with Crippen LogP contribution in [-0.2, 0) is 16.0 Å². The maximum Gasteiger partial charge on any atom is 0.217 e. The molecule has 0 unspecified atom stereocenters. The Balaban J connectivity index is 1.72. The molecule has 2 heterocycles. The third-order valence-electron chi connectivity index (χ3n) is 5.31.